The summed E-state index contributed by atoms with van der Waals surface area (Å²) in [4.78, 5) is 22.3. The van der Waals surface area contributed by atoms with Crippen LogP contribution in [-0.4, -0.2) is 43.9 Å². The van der Waals surface area contributed by atoms with Crippen molar-refractivity contribution >= 4 is 17.1 Å². The Morgan fingerprint density at radius 3 is 2.90 bits per heavy atom. The lowest BCUT2D eigenvalue weighted by Gasteiger charge is -2.32. The van der Waals surface area contributed by atoms with E-state index < -0.39 is 11.5 Å². The molecule has 0 spiro atoms. The van der Waals surface area contributed by atoms with E-state index in [4.69, 9.17) is 20.3 Å². The quantitative estimate of drug-likeness (QED) is 0.628. The monoisotopic (exact) mass is 297 g/mol. The molecular weight excluding hydrogens is 278 g/mol. The van der Waals surface area contributed by atoms with E-state index in [1.807, 2.05) is 13.8 Å². The van der Waals surface area contributed by atoms with Crippen LogP contribution in [0.5, 0.6) is 0 Å². The SMILES string of the molecule is CC(C)OC(C)(OCCO)n1cnc2c(=O)[nH]c(N)nc21. The van der Waals surface area contributed by atoms with Crippen LogP contribution in [0.4, 0.5) is 5.95 Å². The molecule has 116 valence electrons. The first-order chi connectivity index (χ1) is 9.87. The molecule has 0 saturated heterocycles. The molecule has 0 fully saturated rings. The lowest BCUT2D eigenvalue weighted by atomic mass is 10.4. The fourth-order valence-corrected chi connectivity index (χ4v) is 2.06. The number of fused-ring (bicyclic) bond motifs is 1. The molecule has 2 heterocycles. The van der Waals surface area contributed by atoms with E-state index in [9.17, 15) is 4.79 Å². The number of nitrogens with one attached hydrogen (secondary N) is 1. The lowest BCUT2D eigenvalue weighted by molar-refractivity contribution is -0.297. The van der Waals surface area contributed by atoms with Crippen LogP contribution in [0.2, 0.25) is 0 Å². The third-order valence-electron chi connectivity index (χ3n) is 2.78. The Kier molecular flexibility index (Phi) is 4.26. The molecule has 2 aromatic heterocycles. The van der Waals surface area contributed by atoms with Crippen molar-refractivity contribution < 1.29 is 14.6 Å². The van der Waals surface area contributed by atoms with Crippen LogP contribution >= 0.6 is 0 Å². The number of aliphatic hydroxyl groups excluding tert-OH is 1. The van der Waals surface area contributed by atoms with Gasteiger partial charge in [-0.15, -0.1) is 0 Å². The second-order valence-corrected chi connectivity index (χ2v) is 4.87. The predicted octanol–water partition coefficient (Wildman–Crippen LogP) is -0.234. The Hall–Kier alpha value is -1.97. The minimum Gasteiger partial charge on any atom is -0.394 e. The first-order valence-electron chi connectivity index (χ1n) is 6.53. The van der Waals surface area contributed by atoms with Crippen LogP contribution in [0, 0.1) is 0 Å². The number of nitrogens with zero attached hydrogens (tertiary/aromatic N) is 3. The Morgan fingerprint density at radius 2 is 2.29 bits per heavy atom. The highest BCUT2D eigenvalue weighted by atomic mass is 16.7. The highest BCUT2D eigenvalue weighted by Crippen LogP contribution is 2.25. The molecule has 2 aromatic rings. The molecule has 1 atom stereocenters. The van der Waals surface area contributed by atoms with Crippen molar-refractivity contribution in [2.24, 2.45) is 0 Å². The van der Waals surface area contributed by atoms with Gasteiger partial charge in [0, 0.05) is 6.92 Å². The lowest BCUT2D eigenvalue weighted by Crippen LogP contribution is -2.39. The summed E-state index contributed by atoms with van der Waals surface area (Å²) in [7, 11) is 0. The van der Waals surface area contributed by atoms with Crippen LogP contribution < -0.4 is 11.3 Å². The number of aromatic amines is 1. The van der Waals surface area contributed by atoms with Gasteiger partial charge in [-0.1, -0.05) is 0 Å². The number of aliphatic hydroxyl groups is 1. The molecular formula is C12H19N5O4. The summed E-state index contributed by atoms with van der Waals surface area (Å²) in [5.41, 5.74) is 5.51. The topological polar surface area (TPSA) is 128 Å². The highest BCUT2D eigenvalue weighted by molar-refractivity contribution is 5.70. The van der Waals surface area contributed by atoms with Gasteiger partial charge in [-0.3, -0.25) is 14.3 Å². The van der Waals surface area contributed by atoms with E-state index in [2.05, 4.69) is 15.0 Å². The van der Waals surface area contributed by atoms with Gasteiger partial charge in [0.25, 0.3) is 11.5 Å². The highest BCUT2D eigenvalue weighted by Gasteiger charge is 2.32. The van der Waals surface area contributed by atoms with Crippen molar-refractivity contribution in [2.45, 2.75) is 32.8 Å². The molecule has 9 nitrogen and oxygen atoms in total. The molecule has 21 heavy (non-hydrogen) atoms. The van der Waals surface area contributed by atoms with Gasteiger partial charge in [-0.25, -0.2) is 4.98 Å². The summed E-state index contributed by atoms with van der Waals surface area (Å²) in [6.07, 6.45) is 1.23. The molecule has 0 bridgehead atoms. The normalized spacial score (nSPS) is 14.7. The zero-order valence-electron chi connectivity index (χ0n) is 12.2. The maximum absolute atomic E-state index is 11.8. The number of imidazole rings is 1. The van der Waals surface area contributed by atoms with Gasteiger partial charge in [-0.05, 0) is 13.8 Å². The molecule has 4 N–H and O–H groups in total. The van der Waals surface area contributed by atoms with E-state index in [1.165, 1.54) is 10.9 Å². The minimum absolute atomic E-state index is 0.0247. The van der Waals surface area contributed by atoms with Crippen LogP contribution in [0.15, 0.2) is 11.1 Å². The van der Waals surface area contributed by atoms with Crippen molar-refractivity contribution in [3.8, 4) is 0 Å². The first kappa shape index (κ1) is 15.4. The van der Waals surface area contributed by atoms with Crippen LogP contribution in [0.1, 0.15) is 20.8 Å². The zero-order valence-corrected chi connectivity index (χ0v) is 12.2. The van der Waals surface area contributed by atoms with Crippen LogP contribution in [-0.2, 0) is 15.4 Å². The summed E-state index contributed by atoms with van der Waals surface area (Å²) < 4.78 is 12.8. The van der Waals surface area contributed by atoms with Crippen molar-refractivity contribution in [2.75, 3.05) is 18.9 Å². The van der Waals surface area contributed by atoms with Gasteiger partial charge in [0.1, 0.15) is 6.33 Å². The van der Waals surface area contributed by atoms with Crippen molar-refractivity contribution in [1.82, 2.24) is 19.5 Å². The molecule has 0 amide bonds. The Bertz CT molecular complexity index is 680. The largest absolute Gasteiger partial charge is 0.394 e. The second-order valence-electron chi connectivity index (χ2n) is 4.87. The van der Waals surface area contributed by atoms with Gasteiger partial charge < -0.3 is 20.3 Å². The number of hydrogen-bond acceptors (Lipinski definition) is 7. The van der Waals surface area contributed by atoms with E-state index in [0.717, 1.165) is 0 Å². The number of rotatable bonds is 6. The van der Waals surface area contributed by atoms with Gasteiger partial charge in [-0.2, -0.15) is 4.98 Å². The number of nitrogen functional groups attached to an aromatic ring is 1. The fraction of sp³-hybridized carbons (Fsp3) is 0.583. The van der Waals surface area contributed by atoms with E-state index >= 15 is 0 Å². The number of H-pyrrole nitrogens is 1. The van der Waals surface area contributed by atoms with E-state index in [0.29, 0.717) is 0 Å². The predicted molar refractivity (Wildman–Crippen MR) is 75.5 cm³/mol. The number of nitrogens with two attached hydrogens (primary N) is 1. The summed E-state index contributed by atoms with van der Waals surface area (Å²) in [5, 5.41) is 8.97. The molecule has 0 radical (unpaired) electrons. The molecule has 0 aliphatic rings. The summed E-state index contributed by atoms with van der Waals surface area (Å²) in [6.45, 7) is 5.23. The summed E-state index contributed by atoms with van der Waals surface area (Å²) in [5.74, 6) is -1.29. The van der Waals surface area contributed by atoms with Crippen molar-refractivity contribution in [3.63, 3.8) is 0 Å². The third-order valence-corrected chi connectivity index (χ3v) is 2.78. The Morgan fingerprint density at radius 1 is 1.57 bits per heavy atom. The average Bonchev–Trinajstić information content (AvgIpc) is 2.80. The van der Waals surface area contributed by atoms with Gasteiger partial charge in [0.2, 0.25) is 5.95 Å². The van der Waals surface area contributed by atoms with E-state index in [1.54, 1.807) is 6.92 Å². The molecule has 0 aliphatic carbocycles. The van der Waals surface area contributed by atoms with Gasteiger partial charge in [0.15, 0.2) is 11.2 Å². The maximum atomic E-state index is 11.8. The molecule has 2 rings (SSSR count). The first-order valence-corrected chi connectivity index (χ1v) is 6.53. The van der Waals surface area contributed by atoms with Crippen LogP contribution in [0.25, 0.3) is 11.2 Å². The number of aromatic nitrogens is 4. The summed E-state index contributed by atoms with van der Waals surface area (Å²) in [6, 6.07) is 0. The molecule has 0 aromatic carbocycles. The number of ether oxygens (including phenoxy) is 2. The van der Waals surface area contributed by atoms with Gasteiger partial charge >= 0.3 is 0 Å². The Balaban J connectivity index is 2.56. The molecule has 1 unspecified atom stereocenters. The Labute approximate surface area is 120 Å². The van der Waals surface area contributed by atoms with Crippen molar-refractivity contribution in [3.05, 3.63) is 16.7 Å². The third kappa shape index (κ3) is 3.04. The minimum atomic E-state index is -1.26. The molecule has 0 saturated carbocycles. The molecule has 9 heteroatoms. The van der Waals surface area contributed by atoms with Crippen LogP contribution in [0.3, 0.4) is 0 Å². The smallest absolute Gasteiger partial charge is 0.280 e. The van der Waals surface area contributed by atoms with E-state index in [-0.39, 0.29) is 36.4 Å². The second kappa shape index (κ2) is 5.80. The fourth-order valence-electron chi connectivity index (χ4n) is 2.06. The average molecular weight is 297 g/mol. The maximum Gasteiger partial charge on any atom is 0.280 e. The zero-order chi connectivity index (χ0) is 15.6. The summed E-state index contributed by atoms with van der Waals surface area (Å²) >= 11 is 0. The molecule has 0 aliphatic heterocycles. The number of anilines is 1. The van der Waals surface area contributed by atoms with Crippen molar-refractivity contribution in [1.29, 1.82) is 0 Å². The van der Waals surface area contributed by atoms with Gasteiger partial charge in [0.05, 0.1) is 19.3 Å². The standard InChI is InChI=1S/C12H19N5O4/c1-7(2)21-12(3,20-5-4-18)17-6-14-8-9(17)15-11(13)16-10(8)19/h6-7,18H,4-5H2,1-3H3,(H3,13,15,16,19). The number of hydrogen-bond donors (Lipinski definition) is 3.